The van der Waals surface area contributed by atoms with Crippen molar-refractivity contribution in [2.45, 2.75) is 34.6 Å². The summed E-state index contributed by atoms with van der Waals surface area (Å²) < 4.78 is 85.0. The van der Waals surface area contributed by atoms with E-state index in [1.807, 2.05) is 6.07 Å². The summed E-state index contributed by atoms with van der Waals surface area (Å²) >= 11 is 0. The minimum absolute atomic E-state index is 0.0230. The normalized spacial score (nSPS) is 16.6. The Kier molecular flexibility index (Phi) is 9.14. The molecule has 1 atom stereocenters. The average Bonchev–Trinajstić information content (AvgIpc) is 3.03. The number of hydrogen-bond acceptors (Lipinski definition) is 7. The summed E-state index contributed by atoms with van der Waals surface area (Å²) in [5, 5.41) is 2.64. The van der Waals surface area contributed by atoms with Crippen LogP contribution in [0.25, 0.3) is 0 Å². The maximum Gasteiger partial charge on any atom is 0.261 e. The van der Waals surface area contributed by atoms with Crippen molar-refractivity contribution in [1.29, 1.82) is 0 Å². The number of anilines is 2. The van der Waals surface area contributed by atoms with Gasteiger partial charge >= 0.3 is 0 Å². The molecule has 1 aliphatic heterocycles. The number of benzene rings is 4. The first kappa shape index (κ1) is 32.3. The molecule has 0 radical (unpaired) electrons. The number of sulfonamides is 3. The van der Waals surface area contributed by atoms with Crippen LogP contribution in [-0.2, 0) is 34.9 Å². The molecular formula is C31H32N4O7S3. The van der Waals surface area contributed by atoms with Crippen LogP contribution in [-0.4, -0.2) is 65.4 Å². The molecule has 45 heavy (non-hydrogen) atoms. The molecule has 2 N–H and O–H groups in total. The predicted octanol–water partition coefficient (Wildman–Crippen LogP) is 3.81. The second kappa shape index (κ2) is 12.7. The first-order valence-electron chi connectivity index (χ1n) is 13.9. The van der Waals surface area contributed by atoms with Crippen LogP contribution in [0.2, 0.25) is 0 Å². The molecule has 11 nitrogen and oxygen atoms in total. The molecule has 0 unspecified atom stereocenters. The fourth-order valence-corrected chi connectivity index (χ4v) is 9.29. The monoisotopic (exact) mass is 668 g/mol. The minimum atomic E-state index is -4.18. The average molecular weight is 669 g/mol. The Morgan fingerprint density at radius 3 is 1.73 bits per heavy atom. The second-order valence-electron chi connectivity index (χ2n) is 10.5. The van der Waals surface area contributed by atoms with Crippen molar-refractivity contribution in [2.24, 2.45) is 0 Å². The lowest BCUT2D eigenvalue weighted by atomic mass is 10.1. The summed E-state index contributed by atoms with van der Waals surface area (Å²) in [6.07, 6.45) is 0. The van der Waals surface area contributed by atoms with Crippen molar-refractivity contribution in [2.75, 3.05) is 29.7 Å². The molecule has 0 aromatic heterocycles. The van der Waals surface area contributed by atoms with E-state index in [2.05, 4.69) is 10.0 Å². The van der Waals surface area contributed by atoms with Crippen molar-refractivity contribution in [3.8, 4) is 0 Å². The highest BCUT2D eigenvalue weighted by Crippen LogP contribution is 2.27. The summed E-state index contributed by atoms with van der Waals surface area (Å²) in [7, 11) is -12.2. The molecule has 1 fully saturated rings. The quantitative estimate of drug-likeness (QED) is 0.276. The summed E-state index contributed by atoms with van der Waals surface area (Å²) in [5.41, 5.74) is 2.19. The maximum absolute atomic E-state index is 13.7. The summed E-state index contributed by atoms with van der Waals surface area (Å²) in [4.78, 5) is 13.6. The van der Waals surface area contributed by atoms with Crippen molar-refractivity contribution >= 4 is 47.4 Å². The molecule has 236 valence electrons. The van der Waals surface area contributed by atoms with Gasteiger partial charge in [-0.25, -0.2) is 25.3 Å². The number of carbonyl (C=O) groups excluding carboxylic acids is 1. The van der Waals surface area contributed by atoms with E-state index in [0.29, 0.717) is 5.69 Å². The van der Waals surface area contributed by atoms with Crippen LogP contribution in [0, 0.1) is 13.8 Å². The number of para-hydroxylation sites is 1. The number of aryl methyl sites for hydroxylation is 2. The highest BCUT2D eigenvalue weighted by Gasteiger charge is 2.43. The van der Waals surface area contributed by atoms with E-state index in [0.717, 1.165) is 19.7 Å². The van der Waals surface area contributed by atoms with E-state index < -0.39 is 48.6 Å². The standard InChI is InChI=1S/C31H32N4O7S3/c1-23-10-9-11-24(2)30(23)33-43(37,38)26-18-16-25(17-19-26)32-31(36)29-22-34(44(39,40)27-12-5-3-6-13-27)20-21-35(29)45(41,42)28-14-7-4-8-15-28/h3-19,29,33H,20-22H2,1-2H3,(H,32,36)/t29-/m1/s1. The van der Waals surface area contributed by atoms with Crippen LogP contribution in [0.5, 0.6) is 0 Å². The lowest BCUT2D eigenvalue weighted by Gasteiger charge is -2.38. The molecule has 1 amide bonds. The van der Waals surface area contributed by atoms with Crippen molar-refractivity contribution in [3.63, 3.8) is 0 Å². The molecule has 14 heteroatoms. The molecule has 4 aromatic rings. The third-order valence-corrected chi connectivity index (χ3v) is 12.6. The summed E-state index contributed by atoms with van der Waals surface area (Å²) in [5.74, 6) is -0.772. The number of piperazine rings is 1. The van der Waals surface area contributed by atoms with E-state index in [1.54, 1.807) is 62.4 Å². The molecule has 0 bridgehead atoms. The summed E-state index contributed by atoms with van der Waals surface area (Å²) in [6, 6.07) is 24.7. The van der Waals surface area contributed by atoms with Crippen molar-refractivity contribution in [1.82, 2.24) is 8.61 Å². The number of hydrogen-bond donors (Lipinski definition) is 2. The van der Waals surface area contributed by atoms with Crippen LogP contribution in [0.4, 0.5) is 11.4 Å². The van der Waals surface area contributed by atoms with Crippen molar-refractivity contribution < 1.29 is 30.0 Å². The zero-order valence-corrected chi connectivity index (χ0v) is 26.9. The van der Waals surface area contributed by atoms with E-state index in [-0.39, 0.29) is 33.5 Å². The molecule has 0 spiro atoms. The van der Waals surface area contributed by atoms with Gasteiger partial charge in [0, 0.05) is 25.3 Å². The van der Waals surface area contributed by atoms with Gasteiger partial charge in [0.2, 0.25) is 26.0 Å². The number of nitrogens with zero attached hydrogens (tertiary/aromatic N) is 2. The van der Waals surface area contributed by atoms with Gasteiger partial charge in [-0.1, -0.05) is 54.6 Å². The first-order valence-corrected chi connectivity index (χ1v) is 18.3. The third kappa shape index (κ3) is 6.79. The molecule has 1 heterocycles. The van der Waals surface area contributed by atoms with Gasteiger partial charge in [0.15, 0.2) is 0 Å². The van der Waals surface area contributed by atoms with Gasteiger partial charge in [-0.05, 0) is 73.5 Å². The Morgan fingerprint density at radius 1 is 0.644 bits per heavy atom. The third-order valence-electron chi connectivity index (χ3n) is 7.48. The highest BCUT2D eigenvalue weighted by atomic mass is 32.2. The highest BCUT2D eigenvalue weighted by molar-refractivity contribution is 7.92. The molecule has 5 rings (SSSR count). The number of rotatable bonds is 9. The smallest absolute Gasteiger partial charge is 0.261 e. The first-order chi connectivity index (χ1) is 21.3. The predicted molar refractivity (Wildman–Crippen MR) is 171 cm³/mol. The SMILES string of the molecule is Cc1cccc(C)c1NS(=O)(=O)c1ccc(NC(=O)[C@H]2CN(S(=O)(=O)c3ccccc3)CCN2S(=O)(=O)c2ccccc2)cc1. The largest absolute Gasteiger partial charge is 0.325 e. The molecular weight excluding hydrogens is 637 g/mol. The van der Waals surface area contributed by atoms with Crippen LogP contribution >= 0.6 is 0 Å². The maximum atomic E-state index is 13.7. The Morgan fingerprint density at radius 2 is 1.18 bits per heavy atom. The Hall–Kier alpha value is -4.08. The van der Waals surface area contributed by atoms with E-state index in [1.165, 1.54) is 48.5 Å². The van der Waals surface area contributed by atoms with Gasteiger partial charge in [-0.2, -0.15) is 8.61 Å². The molecule has 4 aromatic carbocycles. The zero-order valence-electron chi connectivity index (χ0n) is 24.5. The number of carbonyl (C=O) groups is 1. The van der Waals surface area contributed by atoms with E-state index in [4.69, 9.17) is 0 Å². The van der Waals surface area contributed by atoms with Crippen LogP contribution in [0.15, 0.2) is 118 Å². The fraction of sp³-hybridized carbons (Fsp3) is 0.194. The van der Waals surface area contributed by atoms with Crippen molar-refractivity contribution in [3.05, 3.63) is 114 Å². The topological polar surface area (TPSA) is 150 Å². The van der Waals surface area contributed by atoms with Gasteiger partial charge in [-0.3, -0.25) is 9.52 Å². The van der Waals surface area contributed by atoms with E-state index in [9.17, 15) is 30.0 Å². The Balaban J connectivity index is 1.41. The summed E-state index contributed by atoms with van der Waals surface area (Å²) in [6.45, 7) is 2.74. The van der Waals surface area contributed by atoms with E-state index >= 15 is 0 Å². The molecule has 0 saturated carbocycles. The lowest BCUT2D eigenvalue weighted by molar-refractivity contribution is -0.120. The van der Waals surface area contributed by atoms with Gasteiger partial charge in [-0.15, -0.1) is 0 Å². The minimum Gasteiger partial charge on any atom is -0.325 e. The van der Waals surface area contributed by atoms with Gasteiger partial charge in [0.1, 0.15) is 6.04 Å². The molecule has 0 aliphatic carbocycles. The van der Waals surface area contributed by atoms with Crippen LogP contribution < -0.4 is 10.0 Å². The number of nitrogens with one attached hydrogen (secondary N) is 2. The van der Waals surface area contributed by atoms with Gasteiger partial charge in [0.25, 0.3) is 10.0 Å². The lowest BCUT2D eigenvalue weighted by Crippen LogP contribution is -2.60. The van der Waals surface area contributed by atoms with Crippen LogP contribution in [0.1, 0.15) is 11.1 Å². The second-order valence-corrected chi connectivity index (χ2v) is 16.0. The van der Waals surface area contributed by atoms with Gasteiger partial charge in [0.05, 0.1) is 20.4 Å². The molecule has 1 aliphatic rings. The Bertz CT molecular complexity index is 2000. The Labute approximate surface area is 263 Å². The van der Waals surface area contributed by atoms with Crippen LogP contribution in [0.3, 0.4) is 0 Å². The fourth-order valence-electron chi connectivity index (χ4n) is 5.04. The molecule has 1 saturated heterocycles. The zero-order chi connectivity index (χ0) is 32.4. The van der Waals surface area contributed by atoms with Gasteiger partial charge < -0.3 is 5.32 Å². The number of amides is 1.